The highest BCUT2D eigenvalue weighted by atomic mass is 35.5. The molecule has 0 amide bonds. The van der Waals surface area contributed by atoms with Gasteiger partial charge in [0.25, 0.3) is 0 Å². The van der Waals surface area contributed by atoms with Crippen LogP contribution in [0.2, 0.25) is 10.0 Å². The van der Waals surface area contributed by atoms with E-state index in [4.69, 9.17) is 32.7 Å². The van der Waals surface area contributed by atoms with Gasteiger partial charge in [0.2, 0.25) is 0 Å². The maximum absolute atomic E-state index is 13.9. The van der Waals surface area contributed by atoms with Crippen LogP contribution in [0.5, 0.6) is 0 Å². The van der Waals surface area contributed by atoms with Crippen molar-refractivity contribution < 1.29 is 23.8 Å². The van der Waals surface area contributed by atoms with E-state index >= 15 is 0 Å². The first-order valence-corrected chi connectivity index (χ1v) is 12.9. The Kier molecular flexibility index (Phi) is 10.8. The highest BCUT2D eigenvalue weighted by molar-refractivity contribution is 6.42. The number of aliphatic hydroxyl groups excluding tert-OH is 1. The maximum Gasteiger partial charge on any atom is 0.306 e. The van der Waals surface area contributed by atoms with E-state index in [-0.39, 0.29) is 24.8 Å². The summed E-state index contributed by atoms with van der Waals surface area (Å²) in [6, 6.07) is 10.5. The number of carbonyl (C=O) groups is 1. The Morgan fingerprint density at radius 2 is 2.03 bits per heavy atom. The number of rotatable bonds is 12. The van der Waals surface area contributed by atoms with Crippen molar-refractivity contribution in [1.82, 2.24) is 4.90 Å². The molecule has 0 radical (unpaired) electrons. The van der Waals surface area contributed by atoms with Crippen molar-refractivity contribution >= 4 is 29.2 Å². The van der Waals surface area contributed by atoms with Crippen molar-refractivity contribution in [2.75, 3.05) is 26.3 Å². The van der Waals surface area contributed by atoms with E-state index in [2.05, 4.69) is 4.90 Å². The second-order valence-electron chi connectivity index (χ2n) is 9.02. The Bertz CT molecular complexity index is 990. The van der Waals surface area contributed by atoms with E-state index in [1.807, 2.05) is 25.1 Å². The first-order valence-electron chi connectivity index (χ1n) is 12.2. The Balaban J connectivity index is 1.53. The van der Waals surface area contributed by atoms with Crippen LogP contribution in [0.4, 0.5) is 4.39 Å². The molecular formula is C27H34Cl2FNO4. The minimum absolute atomic E-state index is 0.130. The van der Waals surface area contributed by atoms with Gasteiger partial charge in [-0.2, -0.15) is 0 Å². The summed E-state index contributed by atoms with van der Waals surface area (Å²) < 4.78 is 24.9. The first-order chi connectivity index (χ1) is 16.8. The van der Waals surface area contributed by atoms with Gasteiger partial charge in [-0.05, 0) is 87.0 Å². The Labute approximate surface area is 217 Å². The number of carbonyl (C=O) groups excluding carboxylic acids is 1. The molecule has 2 aromatic rings. The normalized spacial score (nSPS) is 17.9. The molecule has 1 heterocycles. The van der Waals surface area contributed by atoms with Gasteiger partial charge < -0.3 is 14.6 Å². The van der Waals surface area contributed by atoms with E-state index in [0.717, 1.165) is 36.9 Å². The molecule has 1 fully saturated rings. The number of β-amino-alcohol motifs (C(OH)–C–C–N with tert-alkyl or cyclic N) is 1. The summed E-state index contributed by atoms with van der Waals surface area (Å²) >= 11 is 12.2. The Hall–Kier alpha value is -1.70. The molecule has 2 aromatic carbocycles. The van der Waals surface area contributed by atoms with Crippen LogP contribution >= 0.6 is 23.2 Å². The maximum atomic E-state index is 13.9. The molecule has 0 spiro atoms. The SMILES string of the molecule is CCOC(=O)CCc1ccc(F)cc1[C@@H](C)OC[C@H](O)CN1CCC[C@H]1Cc1ccc(Cl)c(Cl)c1. The monoisotopic (exact) mass is 525 g/mol. The van der Waals surface area contributed by atoms with Crippen LogP contribution in [0, 0.1) is 5.82 Å². The number of nitrogens with zero attached hydrogens (tertiary/aromatic N) is 1. The van der Waals surface area contributed by atoms with Gasteiger partial charge in [-0.1, -0.05) is 35.3 Å². The second kappa shape index (κ2) is 13.6. The quantitative estimate of drug-likeness (QED) is 0.356. The van der Waals surface area contributed by atoms with Crippen LogP contribution in [0.3, 0.4) is 0 Å². The summed E-state index contributed by atoms with van der Waals surface area (Å²) in [6.07, 6.45) is 2.52. The van der Waals surface area contributed by atoms with Crippen molar-refractivity contribution in [2.24, 2.45) is 0 Å². The summed E-state index contributed by atoms with van der Waals surface area (Å²) in [5.41, 5.74) is 2.64. The smallest absolute Gasteiger partial charge is 0.306 e. The van der Waals surface area contributed by atoms with Crippen LogP contribution in [0.1, 0.15) is 55.9 Å². The number of halogens is 3. The van der Waals surface area contributed by atoms with Crippen LogP contribution in [-0.2, 0) is 27.1 Å². The van der Waals surface area contributed by atoms with Crippen LogP contribution in [0.25, 0.3) is 0 Å². The molecule has 0 aromatic heterocycles. The lowest BCUT2D eigenvalue weighted by Gasteiger charge is -2.28. The Morgan fingerprint density at radius 3 is 2.77 bits per heavy atom. The molecule has 1 aliphatic rings. The zero-order chi connectivity index (χ0) is 25.4. The number of aliphatic hydroxyl groups is 1. The molecule has 1 saturated heterocycles. The number of likely N-dealkylation sites (tertiary alicyclic amines) is 1. The summed E-state index contributed by atoms with van der Waals surface area (Å²) in [6.45, 7) is 5.47. The molecule has 0 saturated carbocycles. The molecule has 5 nitrogen and oxygen atoms in total. The number of benzene rings is 2. The number of hydrogen-bond donors (Lipinski definition) is 1. The van der Waals surface area contributed by atoms with Gasteiger partial charge in [0.1, 0.15) is 5.82 Å². The average molecular weight is 526 g/mol. The zero-order valence-corrected chi connectivity index (χ0v) is 21.8. The molecule has 8 heteroatoms. The molecular weight excluding hydrogens is 492 g/mol. The molecule has 1 N–H and O–H groups in total. The highest BCUT2D eigenvalue weighted by Crippen LogP contribution is 2.27. The minimum atomic E-state index is -0.677. The fourth-order valence-electron chi connectivity index (χ4n) is 4.62. The van der Waals surface area contributed by atoms with E-state index in [9.17, 15) is 14.3 Å². The standard InChI is InChI=1S/C27H34Cl2FNO4/c1-3-34-27(33)11-8-20-7-9-21(30)15-24(20)18(2)35-17-23(32)16-31-12-4-5-22(31)13-19-6-10-25(28)26(29)14-19/h6-7,9-10,14-15,18,22-23,32H,3-5,8,11-13,16-17H2,1-2H3/t18-,22+,23-/m1/s1. The van der Waals surface area contributed by atoms with E-state index in [0.29, 0.717) is 41.2 Å². The van der Waals surface area contributed by atoms with E-state index in [1.54, 1.807) is 13.0 Å². The number of aryl methyl sites for hydroxylation is 1. The number of esters is 1. The third kappa shape index (κ3) is 8.43. The van der Waals surface area contributed by atoms with E-state index < -0.39 is 12.2 Å². The predicted molar refractivity (Wildman–Crippen MR) is 136 cm³/mol. The summed E-state index contributed by atoms with van der Waals surface area (Å²) in [4.78, 5) is 14.0. The third-order valence-corrected chi connectivity index (χ3v) is 7.13. The predicted octanol–water partition coefficient (Wildman–Crippen LogP) is 5.77. The van der Waals surface area contributed by atoms with Crippen molar-refractivity contribution in [2.45, 2.75) is 64.2 Å². The lowest BCUT2D eigenvalue weighted by molar-refractivity contribution is -0.143. The van der Waals surface area contributed by atoms with Gasteiger partial charge in [-0.25, -0.2) is 4.39 Å². The van der Waals surface area contributed by atoms with Crippen molar-refractivity contribution in [1.29, 1.82) is 0 Å². The molecule has 1 aliphatic heterocycles. The fraction of sp³-hybridized carbons (Fsp3) is 0.519. The van der Waals surface area contributed by atoms with Crippen LogP contribution < -0.4 is 0 Å². The lowest BCUT2D eigenvalue weighted by atomic mass is 9.99. The topological polar surface area (TPSA) is 59.0 Å². The number of hydrogen-bond acceptors (Lipinski definition) is 5. The van der Waals surface area contributed by atoms with Crippen molar-refractivity contribution in [3.8, 4) is 0 Å². The summed E-state index contributed by atoms with van der Waals surface area (Å²) in [5.74, 6) is -0.647. The fourth-order valence-corrected chi connectivity index (χ4v) is 4.94. The summed E-state index contributed by atoms with van der Waals surface area (Å²) in [7, 11) is 0. The molecule has 35 heavy (non-hydrogen) atoms. The molecule has 3 rings (SSSR count). The van der Waals surface area contributed by atoms with Gasteiger partial charge in [-0.15, -0.1) is 0 Å². The highest BCUT2D eigenvalue weighted by Gasteiger charge is 2.27. The van der Waals surface area contributed by atoms with E-state index in [1.165, 1.54) is 12.1 Å². The molecule has 3 atom stereocenters. The van der Waals surface area contributed by atoms with Gasteiger partial charge in [0.05, 0.1) is 35.5 Å². The first kappa shape index (κ1) is 27.9. The van der Waals surface area contributed by atoms with Gasteiger partial charge in [0, 0.05) is 19.0 Å². The van der Waals surface area contributed by atoms with Crippen LogP contribution in [0.15, 0.2) is 36.4 Å². The largest absolute Gasteiger partial charge is 0.466 e. The minimum Gasteiger partial charge on any atom is -0.466 e. The van der Waals surface area contributed by atoms with Gasteiger partial charge in [-0.3, -0.25) is 9.69 Å². The van der Waals surface area contributed by atoms with Crippen LogP contribution in [-0.4, -0.2) is 54.4 Å². The lowest BCUT2D eigenvalue weighted by Crippen LogP contribution is -2.39. The average Bonchev–Trinajstić information content (AvgIpc) is 3.25. The van der Waals surface area contributed by atoms with Gasteiger partial charge >= 0.3 is 5.97 Å². The third-order valence-electron chi connectivity index (χ3n) is 6.39. The zero-order valence-electron chi connectivity index (χ0n) is 20.3. The Morgan fingerprint density at radius 1 is 1.23 bits per heavy atom. The van der Waals surface area contributed by atoms with Crippen molar-refractivity contribution in [3.63, 3.8) is 0 Å². The molecule has 0 bridgehead atoms. The molecule has 192 valence electrons. The van der Waals surface area contributed by atoms with Crippen molar-refractivity contribution in [3.05, 3.63) is 69.0 Å². The second-order valence-corrected chi connectivity index (χ2v) is 9.84. The molecule has 0 aliphatic carbocycles. The summed E-state index contributed by atoms with van der Waals surface area (Å²) in [5, 5.41) is 11.8. The number of ether oxygens (including phenoxy) is 2. The van der Waals surface area contributed by atoms with Gasteiger partial charge in [0.15, 0.2) is 0 Å². The molecule has 0 unspecified atom stereocenters.